The largest absolute Gasteiger partial charge is 0.444 e. The van der Waals surface area contributed by atoms with Gasteiger partial charge in [-0.2, -0.15) is 0 Å². The monoisotopic (exact) mass is 414 g/mol. The maximum atomic E-state index is 12.2. The number of nitrogens with zero attached hydrogens (tertiary/aromatic N) is 4. The Labute approximate surface area is 175 Å². The van der Waals surface area contributed by atoms with E-state index in [1.807, 2.05) is 45.0 Å². The summed E-state index contributed by atoms with van der Waals surface area (Å²) in [7, 11) is 0. The van der Waals surface area contributed by atoms with E-state index in [9.17, 15) is 14.9 Å². The van der Waals surface area contributed by atoms with E-state index in [0.29, 0.717) is 24.7 Å². The molecular weight excluding hydrogens is 388 g/mol. The lowest BCUT2D eigenvalue weighted by Gasteiger charge is -2.35. The number of nitro groups is 1. The molecule has 1 aliphatic heterocycles. The number of rotatable bonds is 5. The van der Waals surface area contributed by atoms with Crippen LogP contribution in [0.4, 0.5) is 10.5 Å². The first kappa shape index (κ1) is 21.5. The summed E-state index contributed by atoms with van der Waals surface area (Å²) < 4.78 is 11.1. The van der Waals surface area contributed by atoms with Gasteiger partial charge in [0.15, 0.2) is 0 Å². The second-order valence-corrected chi connectivity index (χ2v) is 8.10. The van der Waals surface area contributed by atoms with Crippen LogP contribution in [-0.4, -0.2) is 57.6 Å². The molecule has 30 heavy (non-hydrogen) atoms. The average Bonchev–Trinajstić information content (AvgIpc) is 2.69. The van der Waals surface area contributed by atoms with Crippen LogP contribution >= 0.6 is 0 Å². The average molecular weight is 414 g/mol. The molecule has 0 spiro atoms. The summed E-state index contributed by atoms with van der Waals surface area (Å²) in [6, 6.07) is 10.5. The molecule has 160 valence electrons. The van der Waals surface area contributed by atoms with Gasteiger partial charge in [-0.05, 0) is 38.5 Å². The molecule has 3 rings (SSSR count). The number of piperazine rings is 1. The topological polar surface area (TPSA) is 98.0 Å². The summed E-state index contributed by atoms with van der Waals surface area (Å²) >= 11 is 0. The zero-order chi connectivity index (χ0) is 21.7. The van der Waals surface area contributed by atoms with Gasteiger partial charge in [0, 0.05) is 44.9 Å². The Balaban J connectivity index is 1.48. The second-order valence-electron chi connectivity index (χ2n) is 8.10. The van der Waals surface area contributed by atoms with E-state index in [-0.39, 0.29) is 11.8 Å². The Morgan fingerprint density at radius 1 is 1.10 bits per heavy atom. The number of hydrogen-bond acceptors (Lipinski definition) is 7. The van der Waals surface area contributed by atoms with E-state index in [4.69, 9.17) is 9.47 Å². The van der Waals surface area contributed by atoms with Gasteiger partial charge in [0.1, 0.15) is 17.5 Å². The Kier molecular flexibility index (Phi) is 6.51. The van der Waals surface area contributed by atoms with E-state index in [2.05, 4.69) is 9.88 Å². The van der Waals surface area contributed by atoms with Gasteiger partial charge < -0.3 is 14.4 Å². The fraction of sp³-hybridized carbons (Fsp3) is 0.429. The molecule has 1 aromatic carbocycles. The van der Waals surface area contributed by atoms with Gasteiger partial charge in [-0.1, -0.05) is 12.1 Å². The molecule has 9 heteroatoms. The Bertz CT molecular complexity index is 870. The maximum absolute atomic E-state index is 12.2. The van der Waals surface area contributed by atoms with E-state index in [0.717, 1.165) is 25.2 Å². The minimum atomic E-state index is -0.501. The van der Waals surface area contributed by atoms with Crippen molar-refractivity contribution in [2.45, 2.75) is 32.9 Å². The molecule has 1 aromatic heterocycles. The molecule has 0 aliphatic carbocycles. The predicted molar refractivity (Wildman–Crippen MR) is 110 cm³/mol. The second kappa shape index (κ2) is 9.08. The first-order valence-electron chi connectivity index (χ1n) is 9.77. The number of pyridine rings is 1. The summed E-state index contributed by atoms with van der Waals surface area (Å²) in [5.41, 5.74) is 0.566. The van der Waals surface area contributed by atoms with Gasteiger partial charge in [-0.3, -0.25) is 15.0 Å². The quantitative estimate of drug-likeness (QED) is 0.541. The van der Waals surface area contributed by atoms with Crippen molar-refractivity contribution in [1.29, 1.82) is 0 Å². The fourth-order valence-corrected chi connectivity index (χ4v) is 3.00. The number of aromatic nitrogens is 1. The summed E-state index contributed by atoms with van der Waals surface area (Å²) in [6.07, 6.45) is 0.907. The maximum Gasteiger partial charge on any atom is 0.410 e. The highest BCUT2D eigenvalue weighted by Crippen LogP contribution is 2.22. The molecule has 9 nitrogen and oxygen atoms in total. The normalized spacial score (nSPS) is 15.0. The summed E-state index contributed by atoms with van der Waals surface area (Å²) in [6.45, 7) is 9.22. The van der Waals surface area contributed by atoms with Gasteiger partial charge in [0.2, 0.25) is 5.88 Å². The van der Waals surface area contributed by atoms with Crippen LogP contribution in [0.25, 0.3) is 0 Å². The van der Waals surface area contributed by atoms with Crippen LogP contribution < -0.4 is 4.74 Å². The number of amides is 1. The van der Waals surface area contributed by atoms with Crippen LogP contribution in [0.15, 0.2) is 42.6 Å². The Morgan fingerprint density at radius 3 is 2.30 bits per heavy atom. The number of carbonyl (C=O) groups excluding carboxylic acids is 1. The lowest BCUT2D eigenvalue weighted by atomic mass is 10.2. The fourth-order valence-electron chi connectivity index (χ4n) is 3.00. The molecule has 1 amide bonds. The van der Waals surface area contributed by atoms with Gasteiger partial charge in [0.05, 0.1) is 4.92 Å². The standard InChI is InChI=1S/C21H26N4O5/c1-21(2,3)30-20(26)24-12-10-23(11-13-24)15-16-4-7-18(8-5-16)29-19-9-6-17(14-22-19)25(27)28/h4-9,14H,10-13,15H2,1-3H3. The molecule has 2 heterocycles. The molecule has 0 atom stereocenters. The lowest BCUT2D eigenvalue weighted by Crippen LogP contribution is -2.49. The van der Waals surface area contributed by atoms with Gasteiger partial charge in [-0.15, -0.1) is 0 Å². The number of ether oxygens (including phenoxy) is 2. The van der Waals surface area contributed by atoms with E-state index >= 15 is 0 Å². The molecule has 2 aromatic rings. The molecule has 1 saturated heterocycles. The molecule has 0 unspecified atom stereocenters. The van der Waals surface area contributed by atoms with Crippen molar-refractivity contribution in [2.75, 3.05) is 26.2 Å². The van der Waals surface area contributed by atoms with Crippen molar-refractivity contribution in [2.24, 2.45) is 0 Å². The van der Waals surface area contributed by atoms with Crippen LogP contribution in [0, 0.1) is 10.1 Å². The SMILES string of the molecule is CC(C)(C)OC(=O)N1CCN(Cc2ccc(Oc3ccc([N+](=O)[O-])cn3)cc2)CC1. The Hall–Kier alpha value is -3.20. The van der Waals surface area contributed by atoms with Crippen molar-refractivity contribution in [3.05, 3.63) is 58.3 Å². The zero-order valence-electron chi connectivity index (χ0n) is 17.4. The number of benzene rings is 1. The summed E-state index contributed by atoms with van der Waals surface area (Å²) in [5, 5.41) is 10.7. The van der Waals surface area contributed by atoms with Crippen LogP contribution in [-0.2, 0) is 11.3 Å². The molecule has 0 saturated carbocycles. The number of hydrogen-bond donors (Lipinski definition) is 0. The zero-order valence-corrected chi connectivity index (χ0v) is 17.4. The van der Waals surface area contributed by atoms with E-state index in [1.54, 1.807) is 4.90 Å². The van der Waals surface area contributed by atoms with Crippen LogP contribution in [0.1, 0.15) is 26.3 Å². The summed E-state index contributed by atoms with van der Waals surface area (Å²) in [5.74, 6) is 0.904. The van der Waals surface area contributed by atoms with E-state index < -0.39 is 10.5 Å². The van der Waals surface area contributed by atoms with Gasteiger partial charge in [-0.25, -0.2) is 9.78 Å². The highest BCUT2D eigenvalue weighted by atomic mass is 16.6. The predicted octanol–water partition coefficient (Wildman–Crippen LogP) is 3.83. The summed E-state index contributed by atoms with van der Waals surface area (Å²) in [4.78, 5) is 30.3. The molecule has 1 fully saturated rings. The van der Waals surface area contributed by atoms with Gasteiger partial charge >= 0.3 is 6.09 Å². The third-order valence-corrected chi connectivity index (χ3v) is 4.51. The molecule has 0 bridgehead atoms. The third-order valence-electron chi connectivity index (χ3n) is 4.51. The first-order valence-corrected chi connectivity index (χ1v) is 9.77. The third kappa shape index (κ3) is 6.15. The van der Waals surface area contributed by atoms with E-state index in [1.165, 1.54) is 18.3 Å². The number of carbonyl (C=O) groups is 1. The van der Waals surface area contributed by atoms with Crippen LogP contribution in [0.2, 0.25) is 0 Å². The van der Waals surface area contributed by atoms with Gasteiger partial charge in [0.25, 0.3) is 5.69 Å². The molecular formula is C21H26N4O5. The van der Waals surface area contributed by atoms with Crippen LogP contribution in [0.3, 0.4) is 0 Å². The molecule has 0 N–H and O–H groups in total. The first-order chi connectivity index (χ1) is 14.2. The highest BCUT2D eigenvalue weighted by Gasteiger charge is 2.25. The van der Waals surface area contributed by atoms with Crippen molar-refractivity contribution < 1.29 is 19.2 Å². The molecule has 1 aliphatic rings. The Morgan fingerprint density at radius 2 is 1.77 bits per heavy atom. The van der Waals surface area contributed by atoms with Crippen molar-refractivity contribution in [3.8, 4) is 11.6 Å². The van der Waals surface area contributed by atoms with Crippen molar-refractivity contribution >= 4 is 11.8 Å². The minimum absolute atomic E-state index is 0.0792. The lowest BCUT2D eigenvalue weighted by molar-refractivity contribution is -0.385. The molecule has 0 radical (unpaired) electrons. The smallest absolute Gasteiger partial charge is 0.410 e. The van der Waals surface area contributed by atoms with Crippen molar-refractivity contribution in [1.82, 2.24) is 14.8 Å². The van der Waals surface area contributed by atoms with Crippen molar-refractivity contribution in [3.63, 3.8) is 0 Å². The minimum Gasteiger partial charge on any atom is -0.444 e. The highest BCUT2D eigenvalue weighted by molar-refractivity contribution is 5.68. The van der Waals surface area contributed by atoms with Crippen LogP contribution in [0.5, 0.6) is 11.6 Å².